The molecule has 5 heteroatoms. The average molecular weight is 251 g/mol. The van der Waals surface area contributed by atoms with Gasteiger partial charge in [0.15, 0.2) is 0 Å². The van der Waals surface area contributed by atoms with Gasteiger partial charge in [-0.2, -0.15) is 0 Å². The van der Waals surface area contributed by atoms with Crippen LogP contribution < -0.4 is 5.32 Å². The molecule has 0 aliphatic rings. The summed E-state index contributed by atoms with van der Waals surface area (Å²) in [5.41, 5.74) is 0.296. The Kier molecular flexibility index (Phi) is 4.71. The van der Waals surface area contributed by atoms with Crippen LogP contribution in [-0.2, 0) is 9.53 Å². The van der Waals surface area contributed by atoms with Crippen LogP contribution in [0.25, 0.3) is 0 Å². The molecule has 0 bridgehead atoms. The zero-order valence-corrected chi connectivity index (χ0v) is 10.6. The highest BCUT2D eigenvalue weighted by molar-refractivity contribution is 5.97. The van der Waals surface area contributed by atoms with Crippen LogP contribution in [0.4, 0.5) is 0 Å². The van der Waals surface area contributed by atoms with Crippen molar-refractivity contribution in [2.24, 2.45) is 5.92 Å². The van der Waals surface area contributed by atoms with Gasteiger partial charge in [0.05, 0.1) is 7.11 Å². The summed E-state index contributed by atoms with van der Waals surface area (Å²) in [6, 6.07) is 5.22. The molecule has 0 heterocycles. The van der Waals surface area contributed by atoms with E-state index in [1.807, 2.05) is 13.8 Å². The van der Waals surface area contributed by atoms with Gasteiger partial charge in [0, 0.05) is 5.56 Å². The molecular formula is C13H17NO4. The number of methoxy groups -OCH3 is 1. The van der Waals surface area contributed by atoms with Crippen LogP contribution in [0.15, 0.2) is 24.3 Å². The molecule has 0 unspecified atom stereocenters. The maximum absolute atomic E-state index is 11.9. The largest absolute Gasteiger partial charge is 0.508 e. The number of benzene rings is 1. The van der Waals surface area contributed by atoms with Crippen molar-refractivity contribution in [3.8, 4) is 5.75 Å². The van der Waals surface area contributed by atoms with Crippen LogP contribution >= 0.6 is 0 Å². The molecule has 0 aliphatic heterocycles. The van der Waals surface area contributed by atoms with Gasteiger partial charge in [-0.3, -0.25) is 4.79 Å². The van der Waals surface area contributed by atoms with E-state index >= 15 is 0 Å². The van der Waals surface area contributed by atoms with Crippen LogP contribution in [0.5, 0.6) is 5.75 Å². The van der Waals surface area contributed by atoms with Crippen molar-refractivity contribution < 1.29 is 19.4 Å². The van der Waals surface area contributed by atoms with Crippen molar-refractivity contribution in [3.05, 3.63) is 29.8 Å². The van der Waals surface area contributed by atoms with Crippen molar-refractivity contribution in [2.75, 3.05) is 7.11 Å². The van der Waals surface area contributed by atoms with Gasteiger partial charge in [-0.05, 0) is 24.1 Å². The van der Waals surface area contributed by atoms with Crippen LogP contribution in [0.2, 0.25) is 0 Å². The van der Waals surface area contributed by atoms with Crippen LogP contribution in [0.3, 0.4) is 0 Å². The summed E-state index contributed by atoms with van der Waals surface area (Å²) >= 11 is 0. The number of carbonyl (C=O) groups is 2. The predicted molar refractivity (Wildman–Crippen MR) is 66.2 cm³/mol. The molecule has 1 aromatic rings. The maximum Gasteiger partial charge on any atom is 0.328 e. The van der Waals surface area contributed by atoms with Crippen LogP contribution in [-0.4, -0.2) is 30.1 Å². The lowest BCUT2D eigenvalue weighted by molar-refractivity contribution is -0.144. The second kappa shape index (κ2) is 6.05. The summed E-state index contributed by atoms with van der Waals surface area (Å²) in [6.45, 7) is 3.62. The minimum absolute atomic E-state index is 0.00168. The molecule has 5 nitrogen and oxygen atoms in total. The quantitative estimate of drug-likeness (QED) is 0.791. The number of aromatic hydroxyl groups is 1. The number of phenols is 1. The second-order valence-corrected chi connectivity index (χ2v) is 4.27. The van der Waals surface area contributed by atoms with Crippen molar-refractivity contribution in [2.45, 2.75) is 19.9 Å². The Bertz CT molecular complexity index is 442. The normalized spacial score (nSPS) is 12.0. The molecule has 0 saturated carbocycles. The first kappa shape index (κ1) is 14.0. The first-order valence-electron chi connectivity index (χ1n) is 5.63. The van der Waals surface area contributed by atoms with E-state index < -0.39 is 17.9 Å². The SMILES string of the molecule is COC(=O)[C@@H](NC(=O)c1cccc(O)c1)C(C)C. The number of carbonyl (C=O) groups excluding carboxylic acids is 2. The van der Waals surface area contributed by atoms with Gasteiger partial charge in [0.25, 0.3) is 5.91 Å². The van der Waals surface area contributed by atoms with Crippen molar-refractivity contribution in [1.82, 2.24) is 5.32 Å². The van der Waals surface area contributed by atoms with E-state index in [2.05, 4.69) is 10.1 Å². The summed E-state index contributed by atoms with van der Waals surface area (Å²) in [4.78, 5) is 23.4. The molecule has 1 amide bonds. The van der Waals surface area contributed by atoms with E-state index in [9.17, 15) is 14.7 Å². The summed E-state index contributed by atoms with van der Waals surface area (Å²) in [6.07, 6.45) is 0. The Balaban J connectivity index is 2.82. The number of esters is 1. The molecular weight excluding hydrogens is 234 g/mol. The molecule has 0 aliphatic carbocycles. The summed E-state index contributed by atoms with van der Waals surface area (Å²) < 4.78 is 4.63. The highest BCUT2D eigenvalue weighted by Crippen LogP contribution is 2.12. The standard InChI is InChI=1S/C13H17NO4/c1-8(2)11(13(17)18-3)14-12(16)9-5-4-6-10(15)7-9/h4-8,11,15H,1-3H3,(H,14,16)/t11-/m0/s1. The average Bonchev–Trinajstić information content (AvgIpc) is 2.34. The fourth-order valence-electron chi connectivity index (χ4n) is 1.50. The molecule has 0 aromatic heterocycles. The lowest BCUT2D eigenvalue weighted by Gasteiger charge is -2.19. The van der Waals surface area contributed by atoms with E-state index in [4.69, 9.17) is 0 Å². The Hall–Kier alpha value is -2.04. The Morgan fingerprint density at radius 3 is 2.50 bits per heavy atom. The predicted octanol–water partition coefficient (Wildman–Crippen LogP) is 1.32. The Morgan fingerprint density at radius 2 is 2.00 bits per heavy atom. The molecule has 1 aromatic carbocycles. The summed E-state index contributed by atoms with van der Waals surface area (Å²) in [5, 5.41) is 11.9. The molecule has 0 saturated heterocycles. The minimum atomic E-state index is -0.704. The second-order valence-electron chi connectivity index (χ2n) is 4.27. The minimum Gasteiger partial charge on any atom is -0.508 e. The van der Waals surface area contributed by atoms with Crippen molar-refractivity contribution in [1.29, 1.82) is 0 Å². The third-order valence-electron chi connectivity index (χ3n) is 2.52. The smallest absolute Gasteiger partial charge is 0.328 e. The monoisotopic (exact) mass is 251 g/mol. The number of amides is 1. The molecule has 1 rings (SSSR count). The van der Waals surface area contributed by atoms with E-state index in [0.29, 0.717) is 5.56 Å². The van der Waals surface area contributed by atoms with Crippen molar-refractivity contribution >= 4 is 11.9 Å². The van der Waals surface area contributed by atoms with E-state index in [0.717, 1.165) is 0 Å². The zero-order chi connectivity index (χ0) is 13.7. The first-order chi connectivity index (χ1) is 8.45. The molecule has 2 N–H and O–H groups in total. The van der Waals surface area contributed by atoms with E-state index in [-0.39, 0.29) is 11.7 Å². The number of rotatable bonds is 4. The molecule has 98 valence electrons. The summed E-state index contributed by atoms with van der Waals surface area (Å²) in [7, 11) is 1.28. The molecule has 0 radical (unpaired) electrons. The van der Waals surface area contributed by atoms with Crippen LogP contribution in [0, 0.1) is 5.92 Å². The first-order valence-corrected chi connectivity index (χ1v) is 5.63. The van der Waals surface area contributed by atoms with E-state index in [1.54, 1.807) is 12.1 Å². The Morgan fingerprint density at radius 1 is 1.33 bits per heavy atom. The van der Waals surface area contributed by atoms with Gasteiger partial charge in [0.2, 0.25) is 0 Å². The van der Waals surface area contributed by atoms with Gasteiger partial charge >= 0.3 is 5.97 Å². The topological polar surface area (TPSA) is 75.6 Å². The number of hydrogen-bond donors (Lipinski definition) is 2. The van der Waals surface area contributed by atoms with Crippen LogP contribution in [0.1, 0.15) is 24.2 Å². The zero-order valence-electron chi connectivity index (χ0n) is 10.6. The highest BCUT2D eigenvalue weighted by atomic mass is 16.5. The number of nitrogens with one attached hydrogen (secondary N) is 1. The van der Waals surface area contributed by atoms with Gasteiger partial charge in [-0.25, -0.2) is 4.79 Å². The molecule has 18 heavy (non-hydrogen) atoms. The van der Waals surface area contributed by atoms with Gasteiger partial charge in [0.1, 0.15) is 11.8 Å². The number of hydrogen-bond acceptors (Lipinski definition) is 4. The molecule has 1 atom stereocenters. The molecule has 0 spiro atoms. The maximum atomic E-state index is 11.9. The lowest BCUT2D eigenvalue weighted by Crippen LogP contribution is -2.45. The third-order valence-corrected chi connectivity index (χ3v) is 2.52. The Labute approximate surface area is 106 Å². The van der Waals surface area contributed by atoms with Gasteiger partial charge in [-0.15, -0.1) is 0 Å². The third kappa shape index (κ3) is 3.48. The highest BCUT2D eigenvalue weighted by Gasteiger charge is 2.25. The number of phenolic OH excluding ortho intramolecular Hbond substituents is 1. The van der Waals surface area contributed by atoms with E-state index in [1.165, 1.54) is 19.2 Å². The number of ether oxygens (including phenoxy) is 1. The van der Waals surface area contributed by atoms with Gasteiger partial charge in [-0.1, -0.05) is 19.9 Å². The van der Waals surface area contributed by atoms with Crippen molar-refractivity contribution in [3.63, 3.8) is 0 Å². The summed E-state index contributed by atoms with van der Waals surface area (Å²) in [5.74, 6) is -0.992. The fraction of sp³-hybridized carbons (Fsp3) is 0.385. The fourth-order valence-corrected chi connectivity index (χ4v) is 1.50. The molecule has 0 fully saturated rings. The lowest BCUT2D eigenvalue weighted by atomic mass is 10.0. The van der Waals surface area contributed by atoms with Gasteiger partial charge < -0.3 is 15.2 Å².